The molecule has 0 aromatic carbocycles. The quantitative estimate of drug-likeness (QED) is 0.914. The predicted octanol–water partition coefficient (Wildman–Crippen LogP) is 2.17. The van der Waals surface area contributed by atoms with Gasteiger partial charge in [-0.15, -0.1) is 0 Å². The maximum absolute atomic E-state index is 4.75. The molecule has 5 nitrogen and oxygen atoms in total. The third-order valence-corrected chi connectivity index (χ3v) is 4.00. The Kier molecular flexibility index (Phi) is 4.81. The lowest BCUT2D eigenvalue weighted by atomic mass is 10.2. The van der Waals surface area contributed by atoms with E-state index in [0.29, 0.717) is 12.0 Å². The number of nitrogens with zero attached hydrogens (tertiary/aromatic N) is 4. The first kappa shape index (κ1) is 15.0. The highest BCUT2D eigenvalue weighted by atomic mass is 15.3. The maximum Gasteiger partial charge on any atom is 0.135 e. The van der Waals surface area contributed by atoms with Gasteiger partial charge in [-0.1, -0.05) is 20.8 Å². The number of likely N-dealkylation sites (N-methyl/N-ethyl adjacent to an activating group) is 1. The van der Waals surface area contributed by atoms with Crippen molar-refractivity contribution >= 4 is 11.6 Å². The first-order valence-corrected chi connectivity index (χ1v) is 7.60. The van der Waals surface area contributed by atoms with Gasteiger partial charge < -0.3 is 10.2 Å². The second-order valence-electron chi connectivity index (χ2n) is 5.80. The Labute approximate surface area is 122 Å². The summed E-state index contributed by atoms with van der Waals surface area (Å²) in [4.78, 5) is 14.2. The van der Waals surface area contributed by atoms with Crippen LogP contribution < -0.4 is 10.2 Å². The van der Waals surface area contributed by atoms with Crippen LogP contribution in [0.1, 0.15) is 39.4 Å². The summed E-state index contributed by atoms with van der Waals surface area (Å²) < 4.78 is 0. The molecule has 1 saturated heterocycles. The van der Waals surface area contributed by atoms with Gasteiger partial charge in [0.15, 0.2) is 0 Å². The van der Waals surface area contributed by atoms with E-state index in [1.54, 1.807) is 0 Å². The molecular formula is C15H27N5. The minimum Gasteiger partial charge on any atom is -0.373 e. The van der Waals surface area contributed by atoms with E-state index in [1.165, 1.54) is 0 Å². The van der Waals surface area contributed by atoms with Gasteiger partial charge in [-0.3, -0.25) is 4.90 Å². The summed E-state index contributed by atoms with van der Waals surface area (Å²) in [5.74, 6) is 3.22. The fourth-order valence-electron chi connectivity index (χ4n) is 2.67. The van der Waals surface area contributed by atoms with Crippen molar-refractivity contribution in [2.45, 2.75) is 39.7 Å². The molecule has 1 aliphatic rings. The van der Waals surface area contributed by atoms with Gasteiger partial charge in [-0.25, -0.2) is 9.97 Å². The molecule has 1 atom stereocenters. The molecule has 0 radical (unpaired) electrons. The summed E-state index contributed by atoms with van der Waals surface area (Å²) in [7, 11) is 1.91. The molecule has 1 aromatic rings. The molecule has 0 saturated carbocycles. The first-order valence-electron chi connectivity index (χ1n) is 7.60. The van der Waals surface area contributed by atoms with Crippen LogP contribution in [-0.2, 0) is 0 Å². The van der Waals surface area contributed by atoms with Crippen molar-refractivity contribution in [1.82, 2.24) is 14.9 Å². The highest BCUT2D eigenvalue weighted by molar-refractivity contribution is 5.50. The number of hydrogen-bond donors (Lipinski definition) is 1. The van der Waals surface area contributed by atoms with Crippen LogP contribution in [0.3, 0.4) is 0 Å². The van der Waals surface area contributed by atoms with Gasteiger partial charge >= 0.3 is 0 Å². The highest BCUT2D eigenvalue weighted by Crippen LogP contribution is 2.22. The van der Waals surface area contributed by atoms with Crippen LogP contribution >= 0.6 is 0 Å². The molecule has 112 valence electrons. The van der Waals surface area contributed by atoms with E-state index in [4.69, 9.17) is 4.98 Å². The molecule has 1 N–H and O–H groups in total. The zero-order chi connectivity index (χ0) is 14.7. The topological polar surface area (TPSA) is 44.3 Å². The van der Waals surface area contributed by atoms with Crippen molar-refractivity contribution in [3.63, 3.8) is 0 Å². The molecule has 0 spiro atoms. The fourth-order valence-corrected chi connectivity index (χ4v) is 2.67. The van der Waals surface area contributed by atoms with Crippen LogP contribution in [0.4, 0.5) is 11.6 Å². The molecule has 0 aliphatic carbocycles. The van der Waals surface area contributed by atoms with Gasteiger partial charge in [0.05, 0.1) is 0 Å². The van der Waals surface area contributed by atoms with Gasteiger partial charge in [0, 0.05) is 44.7 Å². The Balaban J connectivity index is 2.22. The monoisotopic (exact) mass is 277 g/mol. The minimum absolute atomic E-state index is 0.344. The molecule has 1 fully saturated rings. The summed E-state index contributed by atoms with van der Waals surface area (Å²) in [6.45, 7) is 13.1. The zero-order valence-corrected chi connectivity index (χ0v) is 13.3. The molecule has 20 heavy (non-hydrogen) atoms. The third kappa shape index (κ3) is 3.20. The standard InChI is InChI=1S/C15H27N5/c1-6-19-7-8-20(10-12(19)4)14-9-13(16-5)17-15(18-14)11(2)3/h9,11-12H,6-8,10H2,1-5H3,(H,16,17,18). The highest BCUT2D eigenvalue weighted by Gasteiger charge is 2.24. The van der Waals surface area contributed by atoms with Gasteiger partial charge in [-0.05, 0) is 13.5 Å². The number of anilines is 2. The second-order valence-corrected chi connectivity index (χ2v) is 5.80. The summed E-state index contributed by atoms with van der Waals surface area (Å²) >= 11 is 0. The largest absolute Gasteiger partial charge is 0.373 e. The van der Waals surface area contributed by atoms with Crippen LogP contribution in [-0.4, -0.2) is 54.1 Å². The van der Waals surface area contributed by atoms with E-state index < -0.39 is 0 Å². The number of rotatable bonds is 4. The Hall–Kier alpha value is -1.36. The Morgan fingerprint density at radius 1 is 1.35 bits per heavy atom. The Morgan fingerprint density at radius 3 is 2.65 bits per heavy atom. The second kappa shape index (κ2) is 6.39. The van der Waals surface area contributed by atoms with Gasteiger partial charge in [0.25, 0.3) is 0 Å². The van der Waals surface area contributed by atoms with Gasteiger partial charge in [-0.2, -0.15) is 0 Å². The smallest absolute Gasteiger partial charge is 0.135 e. The molecule has 1 aromatic heterocycles. The third-order valence-electron chi connectivity index (χ3n) is 4.00. The minimum atomic E-state index is 0.344. The molecule has 0 amide bonds. The molecule has 2 rings (SSSR count). The van der Waals surface area contributed by atoms with Crippen LogP contribution in [0.15, 0.2) is 6.07 Å². The molecule has 0 bridgehead atoms. The van der Waals surface area contributed by atoms with Crippen LogP contribution in [0.2, 0.25) is 0 Å². The Bertz CT molecular complexity index is 446. The van der Waals surface area contributed by atoms with Crippen LogP contribution in [0.25, 0.3) is 0 Å². The van der Waals surface area contributed by atoms with Crippen molar-refractivity contribution in [3.8, 4) is 0 Å². The molecule has 1 unspecified atom stereocenters. The van der Waals surface area contributed by atoms with E-state index in [0.717, 1.165) is 43.6 Å². The summed E-state index contributed by atoms with van der Waals surface area (Å²) in [5.41, 5.74) is 0. The first-order chi connectivity index (χ1) is 9.55. The van der Waals surface area contributed by atoms with Crippen molar-refractivity contribution in [2.75, 3.05) is 43.4 Å². The molecule has 1 aliphatic heterocycles. The SMILES string of the molecule is CCN1CCN(c2cc(NC)nc(C(C)C)n2)CC1C. The summed E-state index contributed by atoms with van der Waals surface area (Å²) in [5, 5.41) is 3.14. The average Bonchev–Trinajstić information content (AvgIpc) is 2.46. The summed E-state index contributed by atoms with van der Waals surface area (Å²) in [6, 6.07) is 2.63. The van der Waals surface area contributed by atoms with Crippen molar-refractivity contribution < 1.29 is 0 Å². The molecular weight excluding hydrogens is 250 g/mol. The van der Waals surface area contributed by atoms with Crippen molar-refractivity contribution in [3.05, 3.63) is 11.9 Å². The number of piperazine rings is 1. The lowest BCUT2D eigenvalue weighted by molar-refractivity contribution is 0.199. The fraction of sp³-hybridized carbons (Fsp3) is 0.733. The van der Waals surface area contributed by atoms with Gasteiger partial charge in [0.1, 0.15) is 17.5 Å². The van der Waals surface area contributed by atoms with E-state index in [9.17, 15) is 0 Å². The van der Waals surface area contributed by atoms with Gasteiger partial charge in [0.2, 0.25) is 0 Å². The van der Waals surface area contributed by atoms with E-state index >= 15 is 0 Å². The zero-order valence-electron chi connectivity index (χ0n) is 13.3. The van der Waals surface area contributed by atoms with Crippen LogP contribution in [0, 0.1) is 0 Å². The maximum atomic E-state index is 4.75. The lowest BCUT2D eigenvalue weighted by Gasteiger charge is -2.40. The average molecular weight is 277 g/mol. The Morgan fingerprint density at radius 2 is 2.10 bits per heavy atom. The summed E-state index contributed by atoms with van der Waals surface area (Å²) in [6.07, 6.45) is 0. The molecule has 2 heterocycles. The molecule has 5 heteroatoms. The number of aromatic nitrogens is 2. The lowest BCUT2D eigenvalue weighted by Crippen LogP contribution is -2.52. The normalized spacial score (nSPS) is 20.5. The van der Waals surface area contributed by atoms with E-state index in [-0.39, 0.29) is 0 Å². The predicted molar refractivity (Wildman–Crippen MR) is 84.6 cm³/mol. The number of hydrogen-bond acceptors (Lipinski definition) is 5. The number of nitrogens with one attached hydrogen (secondary N) is 1. The van der Waals surface area contributed by atoms with Crippen molar-refractivity contribution in [1.29, 1.82) is 0 Å². The van der Waals surface area contributed by atoms with Crippen molar-refractivity contribution in [2.24, 2.45) is 0 Å². The van der Waals surface area contributed by atoms with E-state index in [2.05, 4.69) is 53.9 Å². The van der Waals surface area contributed by atoms with E-state index in [1.807, 2.05) is 7.05 Å². The van der Waals surface area contributed by atoms with Crippen LogP contribution in [0.5, 0.6) is 0 Å².